The van der Waals surface area contributed by atoms with Crippen LogP contribution in [-0.4, -0.2) is 41.0 Å². The number of ether oxygens (including phenoxy) is 1. The molecular weight excluding hydrogens is 428 g/mol. The minimum absolute atomic E-state index is 0.0748. The van der Waals surface area contributed by atoms with E-state index in [1.807, 2.05) is 0 Å². The number of benzene rings is 1. The number of carbonyl (C=O) groups excluding carboxylic acids is 1. The zero-order chi connectivity index (χ0) is 21.7. The van der Waals surface area contributed by atoms with Crippen LogP contribution in [0.15, 0.2) is 41.3 Å². The fourth-order valence-corrected chi connectivity index (χ4v) is 3.72. The molecule has 2 heterocycles. The van der Waals surface area contributed by atoms with Gasteiger partial charge in [0.25, 0.3) is 5.92 Å². The van der Waals surface area contributed by atoms with Crippen LogP contribution in [0.1, 0.15) is 12.6 Å². The second kappa shape index (κ2) is 9.52. The maximum absolute atomic E-state index is 14.4. The van der Waals surface area contributed by atoms with Crippen LogP contribution in [0, 0.1) is 5.82 Å². The average molecular weight is 446 g/mol. The van der Waals surface area contributed by atoms with Crippen molar-refractivity contribution in [3.63, 3.8) is 0 Å². The van der Waals surface area contributed by atoms with Crippen molar-refractivity contribution in [3.8, 4) is 5.75 Å². The van der Waals surface area contributed by atoms with Crippen LogP contribution >= 0.6 is 8.53 Å². The van der Waals surface area contributed by atoms with E-state index in [4.69, 9.17) is 19.5 Å². The highest BCUT2D eigenvalue weighted by atomic mass is 31.2. The van der Waals surface area contributed by atoms with Crippen LogP contribution in [0.4, 0.5) is 19.0 Å². The number of nitrogens with one attached hydrogen (secondary N) is 1. The normalized spacial score (nSPS) is 21.3. The lowest BCUT2D eigenvalue weighted by Crippen LogP contribution is -2.35. The Balaban J connectivity index is 1.67. The fraction of sp³-hybridized carbons (Fsp3) is 0.353. The van der Waals surface area contributed by atoms with Gasteiger partial charge in [0.05, 0.1) is 25.5 Å². The Morgan fingerprint density at radius 2 is 2.13 bits per heavy atom. The first-order chi connectivity index (χ1) is 14.3. The predicted molar refractivity (Wildman–Crippen MR) is 100 cm³/mol. The van der Waals surface area contributed by atoms with E-state index in [0.717, 1.165) is 0 Å². The Labute approximate surface area is 169 Å². The summed E-state index contributed by atoms with van der Waals surface area (Å²) in [6.07, 6.45) is -2.84. The third-order valence-electron chi connectivity index (χ3n) is 3.98. The van der Waals surface area contributed by atoms with Gasteiger partial charge in [0.1, 0.15) is 12.0 Å². The molecule has 1 saturated heterocycles. The SMILES string of the molecule is Nc1nc(=O)n(C2OC(COP(NCC=O)Oc3ccccc3)CC2(F)F)cc1F. The highest BCUT2D eigenvalue weighted by Crippen LogP contribution is 2.43. The van der Waals surface area contributed by atoms with E-state index in [-0.39, 0.29) is 13.2 Å². The van der Waals surface area contributed by atoms with Crippen LogP contribution in [0.25, 0.3) is 0 Å². The van der Waals surface area contributed by atoms with E-state index in [1.165, 1.54) is 0 Å². The van der Waals surface area contributed by atoms with Crippen molar-refractivity contribution in [2.24, 2.45) is 0 Å². The third-order valence-corrected chi connectivity index (χ3v) is 5.18. The summed E-state index contributed by atoms with van der Waals surface area (Å²) in [6.45, 7) is -0.398. The van der Waals surface area contributed by atoms with Crippen molar-refractivity contribution in [3.05, 3.63) is 52.8 Å². The van der Waals surface area contributed by atoms with Gasteiger partial charge >= 0.3 is 14.2 Å². The first-order valence-corrected chi connectivity index (χ1v) is 9.88. The van der Waals surface area contributed by atoms with Gasteiger partial charge in [0, 0.05) is 6.42 Å². The molecule has 3 rings (SSSR count). The molecular formula is C17H18F3N4O5P. The molecule has 0 bridgehead atoms. The second-order valence-electron chi connectivity index (χ2n) is 6.23. The Bertz CT molecular complexity index is 933. The number of carbonyl (C=O) groups is 1. The smallest absolute Gasteiger partial charge is 0.352 e. The Morgan fingerprint density at radius 1 is 1.40 bits per heavy atom. The summed E-state index contributed by atoms with van der Waals surface area (Å²) in [5, 5.41) is 2.71. The predicted octanol–water partition coefficient (Wildman–Crippen LogP) is 2.00. The molecule has 2 aromatic rings. The van der Waals surface area contributed by atoms with E-state index in [1.54, 1.807) is 30.3 Å². The monoisotopic (exact) mass is 446 g/mol. The van der Waals surface area contributed by atoms with Gasteiger partial charge in [-0.25, -0.2) is 23.1 Å². The lowest BCUT2D eigenvalue weighted by Gasteiger charge is -2.20. The number of anilines is 1. The molecule has 3 atom stereocenters. The van der Waals surface area contributed by atoms with E-state index in [0.29, 0.717) is 22.8 Å². The zero-order valence-electron chi connectivity index (χ0n) is 15.4. The van der Waals surface area contributed by atoms with Gasteiger partial charge in [-0.1, -0.05) is 18.2 Å². The molecule has 0 radical (unpaired) electrons. The number of para-hydroxylation sites is 1. The lowest BCUT2D eigenvalue weighted by atomic mass is 10.2. The number of hydrogen-bond acceptors (Lipinski definition) is 8. The average Bonchev–Trinajstić information content (AvgIpc) is 3.01. The number of rotatable bonds is 9. The molecule has 1 aliphatic heterocycles. The Morgan fingerprint density at radius 3 is 2.83 bits per heavy atom. The number of nitrogen functional groups attached to an aromatic ring is 1. The number of nitrogens with zero attached hydrogens (tertiary/aromatic N) is 2. The maximum Gasteiger partial charge on any atom is 0.352 e. The highest BCUT2D eigenvalue weighted by molar-refractivity contribution is 7.45. The topological polar surface area (TPSA) is 118 Å². The van der Waals surface area contributed by atoms with Crippen molar-refractivity contribution >= 4 is 20.6 Å². The number of nitrogens with two attached hydrogens (primary N) is 1. The van der Waals surface area contributed by atoms with E-state index < -0.39 is 50.5 Å². The molecule has 0 aliphatic carbocycles. The van der Waals surface area contributed by atoms with Crippen LogP contribution in [0.3, 0.4) is 0 Å². The molecule has 13 heteroatoms. The van der Waals surface area contributed by atoms with Crippen LogP contribution < -0.4 is 21.0 Å². The summed E-state index contributed by atoms with van der Waals surface area (Å²) in [6, 6.07) is 8.55. The molecule has 3 unspecified atom stereocenters. The molecule has 1 aliphatic rings. The van der Waals surface area contributed by atoms with Gasteiger partial charge in [0.15, 0.2) is 11.6 Å². The summed E-state index contributed by atoms with van der Waals surface area (Å²) < 4.78 is 59.2. The molecule has 1 fully saturated rings. The standard InChI is InChI=1S/C17H18F3N4O5P/c18-13-9-24(16(26)23-14(13)21)15-17(19,20)8-12(28-15)10-27-30(22-6-7-25)29-11-4-2-1-3-5-11/h1-5,7,9,12,15,22H,6,8,10H2,(H2,21,23,26). The Hall–Kier alpha value is -2.53. The van der Waals surface area contributed by atoms with Gasteiger partial charge in [0.2, 0.25) is 6.23 Å². The van der Waals surface area contributed by atoms with Gasteiger partial charge < -0.3 is 24.3 Å². The van der Waals surface area contributed by atoms with Crippen molar-refractivity contribution in [1.82, 2.24) is 14.6 Å². The van der Waals surface area contributed by atoms with E-state index >= 15 is 0 Å². The Kier molecular flexibility index (Phi) is 7.03. The summed E-state index contributed by atoms with van der Waals surface area (Å²) in [5.74, 6) is -4.84. The van der Waals surface area contributed by atoms with Gasteiger partial charge in [-0.3, -0.25) is 4.57 Å². The molecule has 162 valence electrons. The molecule has 3 N–H and O–H groups in total. The van der Waals surface area contributed by atoms with Crippen LogP contribution in [-0.2, 0) is 14.1 Å². The third kappa shape index (κ3) is 5.33. The van der Waals surface area contributed by atoms with Crippen LogP contribution in [0.5, 0.6) is 5.75 Å². The van der Waals surface area contributed by atoms with Crippen LogP contribution in [0.2, 0.25) is 0 Å². The zero-order valence-corrected chi connectivity index (χ0v) is 16.3. The number of halogens is 3. The van der Waals surface area contributed by atoms with Crippen molar-refractivity contribution in [2.75, 3.05) is 18.9 Å². The summed E-state index contributed by atoms with van der Waals surface area (Å²) in [4.78, 5) is 25.7. The highest BCUT2D eigenvalue weighted by Gasteiger charge is 2.52. The first-order valence-electron chi connectivity index (χ1n) is 8.71. The first kappa shape index (κ1) is 22.2. The number of aromatic nitrogens is 2. The lowest BCUT2D eigenvalue weighted by molar-refractivity contribution is -0.119. The molecule has 0 spiro atoms. The van der Waals surface area contributed by atoms with E-state index in [9.17, 15) is 22.8 Å². The molecule has 1 aromatic carbocycles. The second-order valence-corrected chi connectivity index (χ2v) is 7.50. The number of aldehydes is 1. The number of hydrogen-bond donors (Lipinski definition) is 2. The maximum atomic E-state index is 14.4. The minimum atomic E-state index is -3.48. The van der Waals surface area contributed by atoms with Gasteiger partial charge in [-0.15, -0.1) is 0 Å². The minimum Gasteiger partial charge on any atom is -0.436 e. The summed E-state index contributed by atoms with van der Waals surface area (Å²) in [5.41, 5.74) is 4.01. The molecule has 0 amide bonds. The fourth-order valence-electron chi connectivity index (χ4n) is 2.67. The van der Waals surface area contributed by atoms with Crippen molar-refractivity contribution in [1.29, 1.82) is 0 Å². The van der Waals surface area contributed by atoms with Gasteiger partial charge in [-0.05, 0) is 12.1 Å². The van der Waals surface area contributed by atoms with Crippen molar-refractivity contribution in [2.45, 2.75) is 24.7 Å². The largest absolute Gasteiger partial charge is 0.436 e. The van der Waals surface area contributed by atoms with Gasteiger partial charge in [-0.2, -0.15) is 4.98 Å². The van der Waals surface area contributed by atoms with Crippen molar-refractivity contribution < 1.29 is 31.8 Å². The molecule has 9 nitrogen and oxygen atoms in total. The quantitative estimate of drug-likeness (QED) is 0.444. The number of alkyl halides is 2. The van der Waals surface area contributed by atoms with E-state index in [2.05, 4.69) is 10.1 Å². The molecule has 30 heavy (non-hydrogen) atoms. The summed E-state index contributed by atoms with van der Waals surface area (Å²) in [7, 11) is -1.84. The summed E-state index contributed by atoms with van der Waals surface area (Å²) >= 11 is 0. The molecule has 1 aromatic heterocycles. The molecule has 0 saturated carbocycles.